The van der Waals surface area contributed by atoms with Crippen LogP contribution in [0.4, 0.5) is 11.5 Å². The number of hydrogen-bond donors (Lipinski definition) is 0. The minimum absolute atomic E-state index is 0.808. The molecule has 3 heterocycles. The average molecular weight is 307 g/mol. The van der Waals surface area contributed by atoms with Crippen LogP contribution < -0.4 is 4.90 Å². The third kappa shape index (κ3) is 2.70. The molecule has 1 fully saturated rings. The topological polar surface area (TPSA) is 28.6 Å². The molecule has 0 radical (unpaired) electrons. The van der Waals surface area contributed by atoms with Crippen molar-refractivity contribution in [2.45, 2.75) is 6.92 Å². The van der Waals surface area contributed by atoms with E-state index in [1.54, 1.807) is 0 Å². The van der Waals surface area contributed by atoms with E-state index < -0.39 is 0 Å². The number of aromatic nitrogens is 1. The van der Waals surface area contributed by atoms with Crippen molar-refractivity contribution in [2.24, 2.45) is 0 Å². The molecule has 23 heavy (non-hydrogen) atoms. The summed E-state index contributed by atoms with van der Waals surface area (Å²) < 4.78 is 5.49. The van der Waals surface area contributed by atoms with Gasteiger partial charge in [-0.1, -0.05) is 18.2 Å². The van der Waals surface area contributed by atoms with Crippen molar-refractivity contribution in [3.8, 4) is 0 Å². The van der Waals surface area contributed by atoms with Gasteiger partial charge in [-0.25, -0.2) is 4.98 Å². The van der Waals surface area contributed by atoms with Crippen LogP contribution in [0.15, 0.2) is 48.7 Å². The molecule has 2 aliphatic heterocycles. The van der Waals surface area contributed by atoms with Crippen LogP contribution in [0.3, 0.4) is 0 Å². The Balaban J connectivity index is 1.73. The number of fused-ring (bicyclic) bond motifs is 1. The highest BCUT2D eigenvalue weighted by Crippen LogP contribution is 2.37. The molecule has 0 amide bonds. The van der Waals surface area contributed by atoms with Gasteiger partial charge in [-0.15, -0.1) is 0 Å². The first-order chi connectivity index (χ1) is 11.3. The molecule has 1 aromatic carbocycles. The Morgan fingerprint density at radius 1 is 1.09 bits per heavy atom. The third-order valence-corrected chi connectivity index (χ3v) is 4.47. The van der Waals surface area contributed by atoms with E-state index >= 15 is 0 Å². The van der Waals surface area contributed by atoms with Crippen molar-refractivity contribution in [3.63, 3.8) is 0 Å². The maximum absolute atomic E-state index is 5.49. The monoisotopic (exact) mass is 307 g/mol. The Bertz CT molecular complexity index is 735. The number of benzene rings is 1. The first kappa shape index (κ1) is 14.3. The molecule has 0 aliphatic carbocycles. The van der Waals surface area contributed by atoms with Crippen molar-refractivity contribution in [3.05, 3.63) is 59.8 Å². The summed E-state index contributed by atoms with van der Waals surface area (Å²) in [7, 11) is 0. The van der Waals surface area contributed by atoms with Crippen molar-refractivity contribution >= 4 is 17.2 Å². The summed E-state index contributed by atoms with van der Waals surface area (Å²) in [5.41, 5.74) is 5.07. The summed E-state index contributed by atoms with van der Waals surface area (Å²) in [5, 5.41) is 0. The highest BCUT2D eigenvalue weighted by Gasteiger charge is 2.24. The zero-order valence-electron chi connectivity index (χ0n) is 13.4. The fourth-order valence-corrected chi connectivity index (χ4v) is 3.30. The van der Waals surface area contributed by atoms with Gasteiger partial charge in [0.25, 0.3) is 0 Å². The van der Waals surface area contributed by atoms with Gasteiger partial charge in [0, 0.05) is 37.1 Å². The van der Waals surface area contributed by atoms with Gasteiger partial charge in [0.2, 0.25) is 0 Å². The Labute approximate surface area is 137 Å². The zero-order chi connectivity index (χ0) is 15.6. The molecule has 2 aromatic rings. The average Bonchev–Trinajstić information content (AvgIpc) is 2.61. The van der Waals surface area contributed by atoms with Crippen LogP contribution in [0.5, 0.6) is 0 Å². The molecule has 118 valence electrons. The van der Waals surface area contributed by atoms with Crippen LogP contribution in [-0.4, -0.2) is 42.7 Å². The molecule has 4 rings (SSSR count). The van der Waals surface area contributed by atoms with Crippen LogP contribution in [-0.2, 0) is 4.74 Å². The highest BCUT2D eigenvalue weighted by molar-refractivity contribution is 5.82. The first-order valence-corrected chi connectivity index (χ1v) is 8.15. The van der Waals surface area contributed by atoms with Crippen LogP contribution in [0.1, 0.15) is 11.1 Å². The molecule has 1 aromatic heterocycles. The minimum atomic E-state index is 0.808. The van der Waals surface area contributed by atoms with Gasteiger partial charge in [0.05, 0.1) is 18.9 Å². The minimum Gasteiger partial charge on any atom is -0.378 e. The second-order valence-corrected chi connectivity index (χ2v) is 6.01. The quantitative estimate of drug-likeness (QED) is 0.852. The van der Waals surface area contributed by atoms with Gasteiger partial charge in [0.15, 0.2) is 0 Å². The lowest BCUT2D eigenvalue weighted by molar-refractivity contribution is 0.0638. The van der Waals surface area contributed by atoms with E-state index in [0.29, 0.717) is 0 Å². The number of anilines is 2. The van der Waals surface area contributed by atoms with Gasteiger partial charge >= 0.3 is 0 Å². The van der Waals surface area contributed by atoms with E-state index in [1.807, 2.05) is 12.3 Å². The van der Waals surface area contributed by atoms with E-state index in [1.165, 1.54) is 22.5 Å². The lowest BCUT2D eigenvalue weighted by Gasteiger charge is -2.37. The lowest BCUT2D eigenvalue weighted by atomic mass is 10.0. The standard InChI is InChI=1S/C19H21N3O/c1-15-6-8-20-19(14-15)22-9-7-17(21-10-12-23-13-11-21)16-4-2-3-5-18(16)22/h2-8,14H,9-13H2,1H3. The normalized spacial score (nSPS) is 17.7. The Hall–Kier alpha value is -2.33. The predicted octanol–water partition coefficient (Wildman–Crippen LogP) is 3.21. The lowest BCUT2D eigenvalue weighted by Crippen LogP contribution is -2.37. The van der Waals surface area contributed by atoms with Crippen molar-refractivity contribution in [1.82, 2.24) is 9.88 Å². The van der Waals surface area contributed by atoms with Crippen molar-refractivity contribution in [2.75, 3.05) is 37.7 Å². The van der Waals surface area contributed by atoms with Gasteiger partial charge < -0.3 is 14.5 Å². The molecule has 0 atom stereocenters. The molecular formula is C19H21N3O. The number of hydrogen-bond acceptors (Lipinski definition) is 4. The van der Waals surface area contributed by atoms with Gasteiger partial charge in [-0.05, 0) is 36.8 Å². The maximum Gasteiger partial charge on any atom is 0.133 e. The Morgan fingerprint density at radius 3 is 2.74 bits per heavy atom. The SMILES string of the molecule is Cc1ccnc(N2CC=C(N3CCOCC3)c3ccccc32)c1. The summed E-state index contributed by atoms with van der Waals surface area (Å²) in [5.74, 6) is 1.01. The van der Waals surface area contributed by atoms with E-state index in [9.17, 15) is 0 Å². The van der Waals surface area contributed by atoms with Crippen LogP contribution in [0.25, 0.3) is 5.70 Å². The van der Waals surface area contributed by atoms with Gasteiger partial charge in [0.1, 0.15) is 5.82 Å². The number of pyridine rings is 1. The zero-order valence-corrected chi connectivity index (χ0v) is 13.4. The number of rotatable bonds is 2. The van der Waals surface area contributed by atoms with Gasteiger partial charge in [-0.3, -0.25) is 0 Å². The van der Waals surface area contributed by atoms with Crippen LogP contribution in [0, 0.1) is 6.92 Å². The fourth-order valence-electron chi connectivity index (χ4n) is 3.30. The summed E-state index contributed by atoms with van der Waals surface area (Å²) in [4.78, 5) is 9.28. The molecular weight excluding hydrogens is 286 g/mol. The third-order valence-electron chi connectivity index (χ3n) is 4.47. The molecule has 0 saturated carbocycles. The molecule has 4 heteroatoms. The number of para-hydroxylation sites is 1. The Morgan fingerprint density at radius 2 is 1.91 bits per heavy atom. The summed E-state index contributed by atoms with van der Waals surface area (Å²) in [6.07, 6.45) is 4.20. The van der Waals surface area contributed by atoms with Crippen molar-refractivity contribution < 1.29 is 4.74 Å². The fraction of sp³-hybridized carbons (Fsp3) is 0.316. The summed E-state index contributed by atoms with van der Waals surface area (Å²) in [6, 6.07) is 12.8. The second kappa shape index (κ2) is 6.05. The first-order valence-electron chi connectivity index (χ1n) is 8.15. The van der Waals surface area contributed by atoms with Crippen LogP contribution in [0.2, 0.25) is 0 Å². The van der Waals surface area contributed by atoms with Crippen molar-refractivity contribution in [1.29, 1.82) is 0 Å². The maximum atomic E-state index is 5.49. The van der Waals surface area contributed by atoms with Crippen LogP contribution >= 0.6 is 0 Å². The Kier molecular flexibility index (Phi) is 3.75. The molecule has 2 aliphatic rings. The molecule has 1 saturated heterocycles. The molecule has 0 unspecified atom stereocenters. The predicted molar refractivity (Wildman–Crippen MR) is 92.8 cm³/mol. The second-order valence-electron chi connectivity index (χ2n) is 6.01. The highest BCUT2D eigenvalue weighted by atomic mass is 16.5. The molecule has 0 spiro atoms. The smallest absolute Gasteiger partial charge is 0.133 e. The van der Waals surface area contributed by atoms with E-state index in [2.05, 4.69) is 58.1 Å². The summed E-state index contributed by atoms with van der Waals surface area (Å²) in [6.45, 7) is 6.49. The summed E-state index contributed by atoms with van der Waals surface area (Å²) >= 11 is 0. The largest absolute Gasteiger partial charge is 0.378 e. The molecule has 0 N–H and O–H groups in total. The number of morpholine rings is 1. The van der Waals surface area contributed by atoms with E-state index in [4.69, 9.17) is 4.74 Å². The van der Waals surface area contributed by atoms with E-state index in [0.717, 1.165) is 38.7 Å². The number of ether oxygens (including phenoxy) is 1. The number of nitrogens with zero attached hydrogens (tertiary/aromatic N) is 3. The molecule has 0 bridgehead atoms. The van der Waals surface area contributed by atoms with Gasteiger partial charge in [-0.2, -0.15) is 0 Å². The number of aryl methyl sites for hydroxylation is 1. The molecule has 4 nitrogen and oxygen atoms in total. The van der Waals surface area contributed by atoms with E-state index in [-0.39, 0.29) is 0 Å².